The molecule has 0 aliphatic carbocycles. The lowest BCUT2D eigenvalue weighted by molar-refractivity contribution is 0.669. The van der Waals surface area contributed by atoms with Crippen LogP contribution >= 0.6 is 0 Å². The summed E-state index contributed by atoms with van der Waals surface area (Å²) < 4.78 is 8.44. The molecule has 184 valence electrons. The molecule has 0 spiro atoms. The van der Waals surface area contributed by atoms with E-state index in [-0.39, 0.29) is 0 Å². The topological polar surface area (TPSA) is 43.3 Å². The maximum Gasteiger partial charge on any atom is 0.165 e. The summed E-state index contributed by atoms with van der Waals surface area (Å²) in [5.41, 5.74) is 10.1. The minimum atomic E-state index is 0.900. The highest BCUT2D eigenvalue weighted by Crippen LogP contribution is 2.43. The summed E-state index contributed by atoms with van der Waals surface area (Å²) >= 11 is 0. The molecule has 0 unspecified atom stereocenters. The number of rotatable bonds is 1. The molecule has 0 saturated heterocycles. The Bertz CT molecular complexity index is 2540. The van der Waals surface area contributed by atoms with E-state index in [1.54, 1.807) is 0 Å². The Kier molecular flexibility index (Phi) is 3.65. The molecule has 4 aromatic heterocycles. The standard InChI is InChI=1S/C36H19N3O/c1-2-8-21-19-31-25(15-20(21)7-1)27-17-23(22-13-14-33-26(16-22)24-9-3-6-12-32(24)40-33)18-28-34-36(39(31)35(27)28)38-30-11-5-4-10-29(30)37-34/h1-19H. The van der Waals surface area contributed by atoms with E-state index >= 15 is 0 Å². The van der Waals surface area contributed by atoms with Crippen molar-refractivity contribution in [3.8, 4) is 11.1 Å². The molecule has 4 heteroatoms. The Morgan fingerprint density at radius 2 is 1.20 bits per heavy atom. The summed E-state index contributed by atoms with van der Waals surface area (Å²) in [6.45, 7) is 0. The minimum absolute atomic E-state index is 0.900. The van der Waals surface area contributed by atoms with Gasteiger partial charge in [0.2, 0.25) is 0 Å². The van der Waals surface area contributed by atoms with Gasteiger partial charge in [0, 0.05) is 26.9 Å². The van der Waals surface area contributed by atoms with Crippen LogP contribution in [0.3, 0.4) is 0 Å². The largest absolute Gasteiger partial charge is 0.456 e. The van der Waals surface area contributed by atoms with Crippen LogP contribution < -0.4 is 0 Å². The Hall–Kier alpha value is -5.48. The average molecular weight is 510 g/mol. The summed E-state index contributed by atoms with van der Waals surface area (Å²) in [5, 5.41) is 8.28. The fraction of sp³-hybridized carbons (Fsp3) is 0. The van der Waals surface area contributed by atoms with Crippen molar-refractivity contribution in [2.75, 3.05) is 0 Å². The molecular weight excluding hydrogens is 490 g/mol. The van der Waals surface area contributed by atoms with Gasteiger partial charge >= 0.3 is 0 Å². The van der Waals surface area contributed by atoms with Crippen LogP contribution in [-0.2, 0) is 0 Å². The normalized spacial score (nSPS) is 12.5. The van der Waals surface area contributed by atoms with Gasteiger partial charge in [0.05, 0.1) is 22.1 Å². The lowest BCUT2D eigenvalue weighted by atomic mass is 9.98. The van der Waals surface area contributed by atoms with E-state index in [1.165, 1.54) is 27.1 Å². The summed E-state index contributed by atoms with van der Waals surface area (Å²) in [6, 6.07) is 40.7. The molecule has 4 heterocycles. The quantitative estimate of drug-likeness (QED) is 0.221. The first-order valence-corrected chi connectivity index (χ1v) is 13.5. The SMILES string of the molecule is c1ccc2cc3c(cc2c1)c1cc(-c2ccc4oc5ccccc5c4c2)cc2c4nc5ccccc5nc4n3c12. The van der Waals surface area contributed by atoms with Crippen LogP contribution in [0.15, 0.2) is 120 Å². The molecule has 0 N–H and O–H groups in total. The van der Waals surface area contributed by atoms with Crippen molar-refractivity contribution >= 4 is 82.1 Å². The van der Waals surface area contributed by atoms with Crippen molar-refractivity contribution in [2.24, 2.45) is 0 Å². The third-order valence-electron chi connectivity index (χ3n) is 8.46. The number of para-hydroxylation sites is 3. The van der Waals surface area contributed by atoms with Gasteiger partial charge in [0.1, 0.15) is 16.7 Å². The number of hydrogen-bond donors (Lipinski definition) is 0. The van der Waals surface area contributed by atoms with Gasteiger partial charge in [0.25, 0.3) is 0 Å². The Labute approximate surface area is 227 Å². The van der Waals surface area contributed by atoms with E-state index in [9.17, 15) is 0 Å². The van der Waals surface area contributed by atoms with Gasteiger partial charge in [-0.05, 0) is 76.5 Å². The predicted octanol–water partition coefficient (Wildman–Crippen LogP) is 9.50. The molecule has 40 heavy (non-hydrogen) atoms. The van der Waals surface area contributed by atoms with Gasteiger partial charge in [-0.1, -0.05) is 60.7 Å². The summed E-state index contributed by atoms with van der Waals surface area (Å²) in [6.07, 6.45) is 0. The first-order valence-electron chi connectivity index (χ1n) is 13.5. The van der Waals surface area contributed by atoms with Gasteiger partial charge in [0.15, 0.2) is 5.65 Å². The zero-order valence-electron chi connectivity index (χ0n) is 21.2. The van der Waals surface area contributed by atoms with Crippen molar-refractivity contribution in [3.63, 3.8) is 0 Å². The summed E-state index contributed by atoms with van der Waals surface area (Å²) in [5.74, 6) is 0. The van der Waals surface area contributed by atoms with Gasteiger partial charge in [-0.15, -0.1) is 0 Å². The van der Waals surface area contributed by atoms with E-state index in [4.69, 9.17) is 14.4 Å². The number of nitrogens with zero attached hydrogens (tertiary/aromatic N) is 3. The van der Waals surface area contributed by atoms with Crippen molar-refractivity contribution < 1.29 is 4.42 Å². The highest BCUT2D eigenvalue weighted by Gasteiger charge is 2.22. The van der Waals surface area contributed by atoms with Crippen molar-refractivity contribution in [1.29, 1.82) is 0 Å². The smallest absolute Gasteiger partial charge is 0.165 e. The van der Waals surface area contributed by atoms with Crippen LogP contribution in [0, 0.1) is 0 Å². The number of aromatic nitrogens is 3. The second-order valence-corrected chi connectivity index (χ2v) is 10.7. The molecule has 0 aliphatic heterocycles. The van der Waals surface area contributed by atoms with Gasteiger partial charge in [-0.2, -0.15) is 0 Å². The third-order valence-corrected chi connectivity index (χ3v) is 8.46. The predicted molar refractivity (Wildman–Crippen MR) is 164 cm³/mol. The van der Waals surface area contributed by atoms with E-state index in [2.05, 4.69) is 83.3 Å². The maximum atomic E-state index is 6.12. The number of furan rings is 1. The highest BCUT2D eigenvalue weighted by atomic mass is 16.3. The molecule has 0 aliphatic rings. The van der Waals surface area contributed by atoms with E-state index < -0.39 is 0 Å². The Balaban J connectivity index is 1.38. The van der Waals surface area contributed by atoms with Crippen LogP contribution in [0.5, 0.6) is 0 Å². The molecule has 0 bridgehead atoms. The lowest BCUT2D eigenvalue weighted by Gasteiger charge is -2.05. The number of benzene rings is 6. The molecule has 6 aromatic carbocycles. The van der Waals surface area contributed by atoms with Crippen LogP contribution in [0.25, 0.3) is 93.2 Å². The molecular formula is C36H19N3O. The second-order valence-electron chi connectivity index (χ2n) is 10.7. The molecule has 0 amide bonds. The van der Waals surface area contributed by atoms with Gasteiger partial charge in [-0.3, -0.25) is 4.40 Å². The average Bonchev–Trinajstić information content (AvgIpc) is 3.64. The number of fused-ring (bicyclic) bond motifs is 11. The van der Waals surface area contributed by atoms with E-state index in [0.717, 1.165) is 66.2 Å². The van der Waals surface area contributed by atoms with Crippen LogP contribution in [0.2, 0.25) is 0 Å². The van der Waals surface area contributed by atoms with Crippen LogP contribution in [-0.4, -0.2) is 14.4 Å². The molecule has 0 fully saturated rings. The Morgan fingerprint density at radius 3 is 2.10 bits per heavy atom. The van der Waals surface area contributed by atoms with E-state index in [0.29, 0.717) is 0 Å². The zero-order chi connectivity index (χ0) is 25.9. The molecule has 4 nitrogen and oxygen atoms in total. The Morgan fingerprint density at radius 1 is 0.500 bits per heavy atom. The minimum Gasteiger partial charge on any atom is -0.456 e. The lowest BCUT2D eigenvalue weighted by Crippen LogP contribution is -1.89. The molecule has 10 aromatic rings. The fourth-order valence-electron chi connectivity index (χ4n) is 6.63. The van der Waals surface area contributed by atoms with Gasteiger partial charge < -0.3 is 4.42 Å². The van der Waals surface area contributed by atoms with Crippen molar-refractivity contribution in [2.45, 2.75) is 0 Å². The van der Waals surface area contributed by atoms with Gasteiger partial charge in [-0.25, -0.2) is 9.97 Å². The number of hydrogen-bond acceptors (Lipinski definition) is 3. The first-order chi connectivity index (χ1) is 19.8. The van der Waals surface area contributed by atoms with Crippen LogP contribution in [0.4, 0.5) is 0 Å². The zero-order valence-corrected chi connectivity index (χ0v) is 21.2. The maximum absolute atomic E-state index is 6.12. The van der Waals surface area contributed by atoms with Crippen molar-refractivity contribution in [3.05, 3.63) is 115 Å². The van der Waals surface area contributed by atoms with E-state index in [1.807, 2.05) is 36.4 Å². The molecule has 0 atom stereocenters. The van der Waals surface area contributed by atoms with Crippen LogP contribution in [0.1, 0.15) is 0 Å². The second kappa shape index (κ2) is 7.13. The molecule has 0 radical (unpaired) electrons. The highest BCUT2D eigenvalue weighted by molar-refractivity contribution is 6.25. The van der Waals surface area contributed by atoms with Crippen molar-refractivity contribution in [1.82, 2.24) is 14.4 Å². The first kappa shape index (κ1) is 20.5. The molecule has 0 saturated carbocycles. The summed E-state index contributed by atoms with van der Waals surface area (Å²) in [7, 11) is 0. The monoisotopic (exact) mass is 509 g/mol. The summed E-state index contributed by atoms with van der Waals surface area (Å²) in [4.78, 5) is 10.3. The molecule has 10 rings (SSSR count). The third kappa shape index (κ3) is 2.55. The fourth-order valence-corrected chi connectivity index (χ4v) is 6.63.